The van der Waals surface area contributed by atoms with Crippen LogP contribution in [0.5, 0.6) is 0 Å². The Morgan fingerprint density at radius 1 is 1.14 bits per heavy atom. The number of benzene rings is 1. The fraction of sp³-hybridized carbons (Fsp3) is 0.500. The summed E-state index contributed by atoms with van der Waals surface area (Å²) in [5, 5.41) is 2.99. The molecule has 1 heterocycles. The molecule has 0 saturated heterocycles. The molecule has 1 aromatic heterocycles. The maximum absolute atomic E-state index is 13.0. The Morgan fingerprint density at radius 3 is 2.48 bits per heavy atom. The molecule has 0 unspecified atom stereocenters. The summed E-state index contributed by atoms with van der Waals surface area (Å²) in [5.41, 5.74) is 0.443. The number of rotatable bonds is 7. The number of hydrogen-bond donors (Lipinski definition) is 1. The van der Waals surface area contributed by atoms with Gasteiger partial charge >= 0.3 is 12.2 Å². The van der Waals surface area contributed by atoms with Crippen molar-refractivity contribution in [3.8, 4) is 0 Å². The SMILES string of the molecule is CCCCN(Cc1cccn1Cc1cccc(C(F)(F)F)c1)C(=O)NC(C)(C)C. The summed E-state index contributed by atoms with van der Waals surface area (Å²) < 4.78 is 40.8. The largest absolute Gasteiger partial charge is 0.416 e. The first kappa shape index (κ1) is 22.8. The molecule has 0 saturated carbocycles. The van der Waals surface area contributed by atoms with Crippen molar-refractivity contribution in [2.75, 3.05) is 6.54 Å². The molecule has 0 fully saturated rings. The smallest absolute Gasteiger partial charge is 0.345 e. The Kier molecular flexibility index (Phi) is 7.38. The summed E-state index contributed by atoms with van der Waals surface area (Å²) in [6.45, 7) is 9.18. The van der Waals surface area contributed by atoms with E-state index in [9.17, 15) is 18.0 Å². The van der Waals surface area contributed by atoms with E-state index in [2.05, 4.69) is 12.2 Å². The standard InChI is InChI=1S/C22H30F3N3O/c1-5-6-12-28(20(29)26-21(2,3)4)16-19-11-8-13-27(19)15-17-9-7-10-18(14-17)22(23,24)25/h7-11,13-14H,5-6,12,15-16H2,1-4H3,(H,26,29). The molecule has 1 aromatic carbocycles. The number of amides is 2. The van der Waals surface area contributed by atoms with E-state index >= 15 is 0 Å². The zero-order valence-electron chi connectivity index (χ0n) is 17.5. The highest BCUT2D eigenvalue weighted by molar-refractivity contribution is 5.74. The molecule has 0 aliphatic heterocycles. The molecule has 29 heavy (non-hydrogen) atoms. The number of hydrogen-bond acceptors (Lipinski definition) is 1. The van der Waals surface area contributed by atoms with Crippen LogP contribution in [0.15, 0.2) is 42.6 Å². The highest BCUT2D eigenvalue weighted by atomic mass is 19.4. The summed E-state index contributed by atoms with van der Waals surface area (Å²) in [6.07, 6.45) is -0.691. The van der Waals surface area contributed by atoms with E-state index in [0.717, 1.165) is 24.6 Å². The van der Waals surface area contributed by atoms with Gasteiger partial charge in [0.2, 0.25) is 0 Å². The lowest BCUT2D eigenvalue weighted by Gasteiger charge is -2.29. The molecule has 0 radical (unpaired) electrons. The maximum Gasteiger partial charge on any atom is 0.416 e. The van der Waals surface area contributed by atoms with Crippen LogP contribution in [0.1, 0.15) is 57.4 Å². The van der Waals surface area contributed by atoms with E-state index < -0.39 is 11.7 Å². The fourth-order valence-corrected chi connectivity index (χ4v) is 2.99. The Labute approximate surface area is 170 Å². The van der Waals surface area contributed by atoms with Crippen LogP contribution in [0.25, 0.3) is 0 Å². The number of urea groups is 1. The van der Waals surface area contributed by atoms with Gasteiger partial charge in [-0.05, 0) is 57.0 Å². The third-order valence-electron chi connectivity index (χ3n) is 4.43. The molecule has 7 heteroatoms. The van der Waals surface area contributed by atoms with Crippen LogP contribution in [0.2, 0.25) is 0 Å². The van der Waals surface area contributed by atoms with Gasteiger partial charge in [0.25, 0.3) is 0 Å². The summed E-state index contributed by atoms with van der Waals surface area (Å²) in [4.78, 5) is 14.5. The molecule has 0 aliphatic rings. The van der Waals surface area contributed by atoms with Crippen molar-refractivity contribution in [1.29, 1.82) is 0 Å². The van der Waals surface area contributed by atoms with Crippen molar-refractivity contribution in [2.24, 2.45) is 0 Å². The van der Waals surface area contributed by atoms with Gasteiger partial charge in [-0.1, -0.05) is 25.5 Å². The van der Waals surface area contributed by atoms with Gasteiger partial charge in [-0.15, -0.1) is 0 Å². The number of unbranched alkanes of at least 4 members (excludes halogenated alkanes) is 1. The Bertz CT molecular complexity index is 806. The van der Waals surface area contributed by atoms with Crippen molar-refractivity contribution < 1.29 is 18.0 Å². The molecule has 0 bridgehead atoms. The van der Waals surface area contributed by atoms with Crippen molar-refractivity contribution in [3.63, 3.8) is 0 Å². The zero-order valence-corrected chi connectivity index (χ0v) is 17.5. The van der Waals surface area contributed by atoms with Crippen LogP contribution >= 0.6 is 0 Å². The van der Waals surface area contributed by atoms with E-state index in [-0.39, 0.29) is 11.6 Å². The van der Waals surface area contributed by atoms with Crippen LogP contribution in [-0.4, -0.2) is 27.6 Å². The van der Waals surface area contributed by atoms with Crippen molar-refractivity contribution in [2.45, 2.75) is 65.3 Å². The van der Waals surface area contributed by atoms with Crippen molar-refractivity contribution in [3.05, 3.63) is 59.4 Å². The van der Waals surface area contributed by atoms with E-state index in [1.165, 1.54) is 12.1 Å². The molecule has 0 atom stereocenters. The fourth-order valence-electron chi connectivity index (χ4n) is 2.99. The summed E-state index contributed by atoms with van der Waals surface area (Å²) in [6, 6.07) is 8.96. The zero-order chi connectivity index (χ0) is 21.7. The first-order valence-electron chi connectivity index (χ1n) is 9.87. The number of halogens is 3. The minimum Gasteiger partial charge on any atom is -0.345 e. The second-order valence-electron chi connectivity index (χ2n) is 8.28. The van der Waals surface area contributed by atoms with Gasteiger partial charge in [0.15, 0.2) is 0 Å². The molecular weight excluding hydrogens is 379 g/mol. The highest BCUT2D eigenvalue weighted by Gasteiger charge is 2.30. The number of alkyl halides is 3. The number of carbonyl (C=O) groups is 1. The average Bonchev–Trinajstić information content (AvgIpc) is 3.03. The van der Waals surface area contributed by atoms with Gasteiger partial charge in [-0.2, -0.15) is 13.2 Å². The maximum atomic E-state index is 13.0. The Morgan fingerprint density at radius 2 is 1.86 bits per heavy atom. The lowest BCUT2D eigenvalue weighted by Crippen LogP contribution is -2.48. The summed E-state index contributed by atoms with van der Waals surface area (Å²) >= 11 is 0. The number of nitrogens with zero attached hydrogens (tertiary/aromatic N) is 2. The summed E-state index contributed by atoms with van der Waals surface area (Å²) in [5.74, 6) is 0. The minimum absolute atomic E-state index is 0.141. The predicted octanol–water partition coefficient (Wildman–Crippen LogP) is 5.67. The third-order valence-corrected chi connectivity index (χ3v) is 4.43. The predicted molar refractivity (Wildman–Crippen MR) is 109 cm³/mol. The molecule has 160 valence electrons. The van der Waals surface area contributed by atoms with Gasteiger partial charge in [0.1, 0.15) is 0 Å². The molecule has 2 amide bonds. The molecule has 2 aromatic rings. The minimum atomic E-state index is -4.36. The second-order valence-corrected chi connectivity index (χ2v) is 8.28. The van der Waals surface area contributed by atoms with E-state index in [1.54, 1.807) is 11.0 Å². The van der Waals surface area contributed by atoms with Gasteiger partial charge in [0.05, 0.1) is 12.1 Å². The monoisotopic (exact) mass is 409 g/mol. The molecule has 4 nitrogen and oxygen atoms in total. The van der Waals surface area contributed by atoms with Crippen LogP contribution in [0, 0.1) is 0 Å². The molecule has 2 rings (SSSR count). The first-order valence-corrected chi connectivity index (χ1v) is 9.87. The number of nitrogens with one attached hydrogen (secondary N) is 1. The number of aromatic nitrogens is 1. The van der Waals surface area contributed by atoms with Crippen LogP contribution in [0.4, 0.5) is 18.0 Å². The topological polar surface area (TPSA) is 37.3 Å². The first-order chi connectivity index (χ1) is 13.5. The van der Waals surface area contributed by atoms with Crippen LogP contribution < -0.4 is 5.32 Å². The molecule has 0 spiro atoms. The van der Waals surface area contributed by atoms with Crippen LogP contribution in [-0.2, 0) is 19.3 Å². The van der Waals surface area contributed by atoms with Crippen molar-refractivity contribution >= 4 is 6.03 Å². The Hall–Kier alpha value is -2.44. The van der Waals surface area contributed by atoms with Crippen LogP contribution in [0.3, 0.4) is 0 Å². The van der Waals surface area contributed by atoms with Gasteiger partial charge in [-0.3, -0.25) is 0 Å². The lowest BCUT2D eigenvalue weighted by atomic mass is 10.1. The van der Waals surface area contributed by atoms with E-state index in [1.807, 2.05) is 43.7 Å². The molecule has 0 aliphatic carbocycles. The summed E-state index contributed by atoms with van der Waals surface area (Å²) in [7, 11) is 0. The van der Waals surface area contributed by atoms with Gasteiger partial charge in [-0.25, -0.2) is 4.79 Å². The highest BCUT2D eigenvalue weighted by Crippen LogP contribution is 2.29. The molecule has 1 N–H and O–H groups in total. The number of carbonyl (C=O) groups excluding carboxylic acids is 1. The van der Waals surface area contributed by atoms with E-state index in [0.29, 0.717) is 25.2 Å². The Balaban J connectivity index is 2.18. The quantitative estimate of drug-likeness (QED) is 0.629. The van der Waals surface area contributed by atoms with Gasteiger partial charge in [0, 0.05) is 30.5 Å². The third kappa shape index (κ3) is 7.15. The van der Waals surface area contributed by atoms with Crippen molar-refractivity contribution in [1.82, 2.24) is 14.8 Å². The lowest BCUT2D eigenvalue weighted by molar-refractivity contribution is -0.137. The average molecular weight is 409 g/mol. The second kappa shape index (κ2) is 9.37. The van der Waals surface area contributed by atoms with Gasteiger partial charge < -0.3 is 14.8 Å². The van der Waals surface area contributed by atoms with E-state index in [4.69, 9.17) is 0 Å². The molecular formula is C22H30F3N3O. The normalized spacial score (nSPS) is 12.1.